The number of carbonyl (C=O) groups is 1. The van der Waals surface area contributed by atoms with E-state index < -0.39 is 12.1 Å². The van der Waals surface area contributed by atoms with Crippen LogP contribution in [-0.4, -0.2) is 17.2 Å². The number of unbranched alkanes of at least 4 members (excludes halogenated alkanes) is 1. The van der Waals surface area contributed by atoms with Crippen LogP contribution in [0.1, 0.15) is 26.2 Å². The summed E-state index contributed by atoms with van der Waals surface area (Å²) >= 11 is 0. The molecule has 4 heteroatoms. The van der Waals surface area contributed by atoms with E-state index in [1.807, 2.05) is 37.3 Å². The summed E-state index contributed by atoms with van der Waals surface area (Å²) in [5.41, 5.74) is 0. The lowest BCUT2D eigenvalue weighted by molar-refractivity contribution is -0.145. The summed E-state index contributed by atoms with van der Waals surface area (Å²) in [6, 6.07) is 16.4. The van der Waals surface area contributed by atoms with Crippen LogP contribution in [0.4, 0.5) is 0 Å². The quantitative estimate of drug-likeness (QED) is 0.779. The maximum absolute atomic E-state index is 11.2. The summed E-state index contributed by atoms with van der Waals surface area (Å²) in [7, 11) is 0. The second kappa shape index (κ2) is 8.08. The molecule has 0 fully saturated rings. The number of ether oxygens (including phenoxy) is 2. The Morgan fingerprint density at radius 1 is 1.00 bits per heavy atom. The maximum atomic E-state index is 11.2. The molecule has 0 radical (unpaired) electrons. The van der Waals surface area contributed by atoms with Gasteiger partial charge in [-0.25, -0.2) is 4.79 Å². The first-order valence-electron chi connectivity index (χ1n) is 7.41. The molecule has 0 saturated heterocycles. The van der Waals surface area contributed by atoms with Crippen LogP contribution in [0.5, 0.6) is 17.2 Å². The largest absolute Gasteiger partial charge is 0.479 e. The van der Waals surface area contributed by atoms with Crippen LogP contribution in [0.25, 0.3) is 0 Å². The Labute approximate surface area is 130 Å². The Hall–Kier alpha value is -2.49. The Balaban J connectivity index is 1.97. The Morgan fingerprint density at radius 2 is 1.59 bits per heavy atom. The topological polar surface area (TPSA) is 55.8 Å². The van der Waals surface area contributed by atoms with E-state index in [4.69, 9.17) is 14.6 Å². The molecule has 0 saturated carbocycles. The van der Waals surface area contributed by atoms with E-state index in [9.17, 15) is 4.79 Å². The van der Waals surface area contributed by atoms with Crippen LogP contribution < -0.4 is 9.47 Å². The van der Waals surface area contributed by atoms with E-state index in [1.54, 1.807) is 24.3 Å². The summed E-state index contributed by atoms with van der Waals surface area (Å²) in [6.07, 6.45) is 1.47. The van der Waals surface area contributed by atoms with Gasteiger partial charge in [0.25, 0.3) is 0 Å². The molecule has 0 spiro atoms. The highest BCUT2D eigenvalue weighted by atomic mass is 16.5. The van der Waals surface area contributed by atoms with Crippen molar-refractivity contribution in [3.05, 3.63) is 54.6 Å². The third-order valence-electron chi connectivity index (χ3n) is 3.18. The van der Waals surface area contributed by atoms with E-state index in [1.165, 1.54) is 0 Å². The number of para-hydroxylation sites is 1. The highest BCUT2D eigenvalue weighted by molar-refractivity contribution is 5.72. The van der Waals surface area contributed by atoms with E-state index >= 15 is 0 Å². The number of carboxylic acid groups (broad SMARTS) is 1. The van der Waals surface area contributed by atoms with Crippen molar-refractivity contribution >= 4 is 5.97 Å². The van der Waals surface area contributed by atoms with E-state index in [0.29, 0.717) is 17.9 Å². The molecule has 2 aromatic rings. The van der Waals surface area contributed by atoms with Gasteiger partial charge in [-0.2, -0.15) is 0 Å². The molecule has 0 amide bonds. The number of benzene rings is 2. The van der Waals surface area contributed by atoms with Gasteiger partial charge in [0.2, 0.25) is 0 Å². The zero-order chi connectivity index (χ0) is 15.8. The van der Waals surface area contributed by atoms with Gasteiger partial charge in [0, 0.05) is 0 Å². The molecule has 1 N–H and O–H groups in total. The average molecular weight is 300 g/mol. The second-order valence-electron chi connectivity index (χ2n) is 4.97. The minimum Gasteiger partial charge on any atom is -0.479 e. The van der Waals surface area contributed by atoms with Crippen LogP contribution in [0.15, 0.2) is 54.6 Å². The minimum absolute atomic E-state index is 0.508. The molecule has 0 aromatic heterocycles. The minimum atomic E-state index is -0.932. The number of hydrogen-bond donors (Lipinski definition) is 1. The number of rotatable bonds is 8. The van der Waals surface area contributed by atoms with Crippen LogP contribution in [0.3, 0.4) is 0 Å². The van der Waals surface area contributed by atoms with Crippen molar-refractivity contribution in [1.82, 2.24) is 0 Å². The molecule has 0 heterocycles. The van der Waals surface area contributed by atoms with Gasteiger partial charge in [0.1, 0.15) is 17.2 Å². The van der Waals surface area contributed by atoms with E-state index in [-0.39, 0.29) is 0 Å². The third-order valence-corrected chi connectivity index (χ3v) is 3.18. The monoisotopic (exact) mass is 300 g/mol. The lowest BCUT2D eigenvalue weighted by atomic mass is 10.1. The SMILES string of the molecule is CCCC[C@@H](Oc1ccc(Oc2ccccc2)cc1)C(=O)O. The zero-order valence-electron chi connectivity index (χ0n) is 12.6. The predicted molar refractivity (Wildman–Crippen MR) is 84.5 cm³/mol. The van der Waals surface area contributed by atoms with Crippen LogP contribution in [-0.2, 0) is 4.79 Å². The highest BCUT2D eigenvalue weighted by Gasteiger charge is 2.18. The van der Waals surface area contributed by atoms with E-state index in [2.05, 4.69) is 0 Å². The molecule has 0 aliphatic heterocycles. The maximum Gasteiger partial charge on any atom is 0.344 e. The fourth-order valence-electron chi connectivity index (χ4n) is 2.00. The van der Waals surface area contributed by atoms with Gasteiger partial charge < -0.3 is 14.6 Å². The predicted octanol–water partition coefficient (Wildman–Crippen LogP) is 4.50. The van der Waals surface area contributed by atoms with Gasteiger partial charge in [0.15, 0.2) is 6.10 Å². The summed E-state index contributed by atoms with van der Waals surface area (Å²) in [5.74, 6) is 1.03. The van der Waals surface area contributed by atoms with Crippen molar-refractivity contribution in [2.75, 3.05) is 0 Å². The van der Waals surface area contributed by atoms with E-state index in [0.717, 1.165) is 18.6 Å². The Kier molecular flexibility index (Phi) is 5.83. The number of carboxylic acids is 1. The molecule has 4 nitrogen and oxygen atoms in total. The molecule has 0 unspecified atom stereocenters. The van der Waals surface area contributed by atoms with Gasteiger partial charge in [-0.05, 0) is 49.2 Å². The lowest BCUT2D eigenvalue weighted by Crippen LogP contribution is -2.26. The van der Waals surface area contributed by atoms with Crippen molar-refractivity contribution in [2.45, 2.75) is 32.3 Å². The smallest absolute Gasteiger partial charge is 0.344 e. The lowest BCUT2D eigenvalue weighted by Gasteiger charge is -2.15. The first-order valence-corrected chi connectivity index (χ1v) is 7.41. The average Bonchev–Trinajstić information content (AvgIpc) is 2.54. The van der Waals surface area contributed by atoms with Gasteiger partial charge >= 0.3 is 5.97 Å². The Morgan fingerprint density at radius 3 is 2.18 bits per heavy atom. The van der Waals surface area contributed by atoms with Crippen LogP contribution in [0.2, 0.25) is 0 Å². The molecule has 0 bridgehead atoms. The van der Waals surface area contributed by atoms with Gasteiger partial charge in [-0.15, -0.1) is 0 Å². The molecule has 22 heavy (non-hydrogen) atoms. The summed E-state index contributed by atoms with van der Waals surface area (Å²) < 4.78 is 11.2. The molecular weight excluding hydrogens is 280 g/mol. The molecule has 0 aliphatic rings. The summed E-state index contributed by atoms with van der Waals surface area (Å²) in [6.45, 7) is 2.02. The van der Waals surface area contributed by atoms with Crippen LogP contribution >= 0.6 is 0 Å². The second-order valence-corrected chi connectivity index (χ2v) is 4.97. The zero-order valence-corrected chi connectivity index (χ0v) is 12.6. The van der Waals surface area contributed by atoms with Gasteiger partial charge in [-0.1, -0.05) is 31.5 Å². The van der Waals surface area contributed by atoms with Crippen molar-refractivity contribution in [3.8, 4) is 17.2 Å². The van der Waals surface area contributed by atoms with Gasteiger partial charge in [0.05, 0.1) is 0 Å². The molecule has 116 valence electrons. The normalized spacial score (nSPS) is 11.7. The summed E-state index contributed by atoms with van der Waals surface area (Å²) in [4.78, 5) is 11.2. The number of aliphatic carboxylic acids is 1. The van der Waals surface area contributed by atoms with Crippen LogP contribution in [0, 0.1) is 0 Å². The number of hydrogen-bond acceptors (Lipinski definition) is 3. The van der Waals surface area contributed by atoms with Crippen molar-refractivity contribution < 1.29 is 19.4 Å². The van der Waals surface area contributed by atoms with Crippen molar-refractivity contribution in [3.63, 3.8) is 0 Å². The first-order chi connectivity index (χ1) is 10.7. The fraction of sp³-hybridized carbons (Fsp3) is 0.278. The molecule has 1 atom stereocenters. The molecule has 2 aromatic carbocycles. The van der Waals surface area contributed by atoms with Gasteiger partial charge in [-0.3, -0.25) is 0 Å². The first kappa shape index (κ1) is 15.9. The molecular formula is C18H20O4. The van der Waals surface area contributed by atoms with Crippen molar-refractivity contribution in [2.24, 2.45) is 0 Å². The standard InChI is InChI=1S/C18H20O4/c1-2-3-9-17(18(19)20)22-16-12-10-15(11-13-16)21-14-7-5-4-6-8-14/h4-8,10-13,17H,2-3,9H2,1H3,(H,19,20)/t17-/m1/s1. The molecule has 0 aliphatic carbocycles. The highest BCUT2D eigenvalue weighted by Crippen LogP contribution is 2.24. The third kappa shape index (κ3) is 4.81. The fourth-order valence-corrected chi connectivity index (χ4v) is 2.00. The van der Waals surface area contributed by atoms with Crippen molar-refractivity contribution in [1.29, 1.82) is 0 Å². The Bertz CT molecular complexity index is 578. The molecule has 2 rings (SSSR count). The summed E-state index contributed by atoms with van der Waals surface area (Å²) in [5, 5.41) is 9.16.